The Morgan fingerprint density at radius 1 is 1.39 bits per heavy atom. The molecule has 3 heterocycles. The highest BCUT2D eigenvalue weighted by molar-refractivity contribution is 7.17. The largest absolute Gasteiger partial charge is 0.383 e. The number of piperidine rings is 1. The Labute approximate surface area is 145 Å². The summed E-state index contributed by atoms with van der Waals surface area (Å²) in [6, 6.07) is 3.50. The maximum Gasteiger partial charge on any atom is 0.264 e. The number of likely N-dealkylation sites (tertiary alicyclic amines) is 2. The summed E-state index contributed by atoms with van der Waals surface area (Å²) in [7, 11) is 1.65. The van der Waals surface area contributed by atoms with Crippen molar-refractivity contribution in [2.24, 2.45) is 5.41 Å². The molecule has 1 atom stereocenters. The van der Waals surface area contributed by atoms with E-state index < -0.39 is 5.41 Å². The maximum atomic E-state index is 12.9. The normalized spacial score (nSPS) is 24.7. The Hall–Kier alpha value is -1.11. The minimum atomic E-state index is -0.400. The molecule has 1 aromatic heterocycles. The van der Waals surface area contributed by atoms with Gasteiger partial charge in [0.25, 0.3) is 5.91 Å². The van der Waals surface area contributed by atoms with E-state index in [2.05, 4.69) is 0 Å². The van der Waals surface area contributed by atoms with Crippen LogP contribution in [0.4, 0.5) is 0 Å². The van der Waals surface area contributed by atoms with Gasteiger partial charge in [0.1, 0.15) is 0 Å². The fourth-order valence-electron chi connectivity index (χ4n) is 3.58. The zero-order valence-electron chi connectivity index (χ0n) is 13.2. The average molecular weight is 357 g/mol. The first kappa shape index (κ1) is 16.7. The lowest BCUT2D eigenvalue weighted by atomic mass is 9.78. The molecule has 0 saturated carbocycles. The van der Waals surface area contributed by atoms with Crippen LogP contribution < -0.4 is 0 Å². The Morgan fingerprint density at radius 2 is 2.22 bits per heavy atom. The van der Waals surface area contributed by atoms with Crippen LogP contribution in [0.25, 0.3) is 0 Å². The van der Waals surface area contributed by atoms with Gasteiger partial charge in [-0.05, 0) is 31.4 Å². The zero-order chi connectivity index (χ0) is 16.4. The number of methoxy groups -OCH3 is 1. The summed E-state index contributed by atoms with van der Waals surface area (Å²) >= 11 is 7.21. The maximum absolute atomic E-state index is 12.9. The van der Waals surface area contributed by atoms with E-state index in [0.29, 0.717) is 35.5 Å². The number of hydrogen-bond acceptors (Lipinski definition) is 4. The topological polar surface area (TPSA) is 49.9 Å². The van der Waals surface area contributed by atoms with Crippen molar-refractivity contribution in [3.8, 4) is 0 Å². The minimum Gasteiger partial charge on any atom is -0.383 e. The number of carbonyl (C=O) groups excluding carboxylic acids is 2. The molecule has 0 unspecified atom stereocenters. The van der Waals surface area contributed by atoms with Crippen LogP contribution in [-0.4, -0.2) is 61.5 Å². The number of halogens is 1. The second kappa shape index (κ2) is 6.79. The highest BCUT2D eigenvalue weighted by Crippen LogP contribution is 2.40. The summed E-state index contributed by atoms with van der Waals surface area (Å²) in [5.74, 6) is 0.168. The van der Waals surface area contributed by atoms with E-state index in [9.17, 15) is 9.59 Å². The molecule has 0 aliphatic carbocycles. The Morgan fingerprint density at radius 3 is 2.91 bits per heavy atom. The lowest BCUT2D eigenvalue weighted by Gasteiger charge is -2.39. The van der Waals surface area contributed by atoms with Gasteiger partial charge in [-0.1, -0.05) is 11.6 Å². The first-order valence-electron chi connectivity index (χ1n) is 7.89. The first-order chi connectivity index (χ1) is 11.1. The van der Waals surface area contributed by atoms with Crippen molar-refractivity contribution in [2.75, 3.05) is 39.9 Å². The van der Waals surface area contributed by atoms with E-state index in [1.165, 1.54) is 11.3 Å². The summed E-state index contributed by atoms with van der Waals surface area (Å²) in [5.41, 5.74) is -0.400. The van der Waals surface area contributed by atoms with Crippen LogP contribution in [0.5, 0.6) is 0 Å². The smallest absolute Gasteiger partial charge is 0.264 e. The highest BCUT2D eigenvalue weighted by Gasteiger charge is 2.49. The summed E-state index contributed by atoms with van der Waals surface area (Å²) in [4.78, 5) is 29.8. The fourth-order valence-corrected chi connectivity index (χ4v) is 4.59. The zero-order valence-corrected chi connectivity index (χ0v) is 14.8. The van der Waals surface area contributed by atoms with E-state index in [1.54, 1.807) is 24.1 Å². The van der Waals surface area contributed by atoms with Gasteiger partial charge in [0.05, 0.1) is 21.2 Å². The predicted octanol–water partition coefficient (Wildman–Crippen LogP) is 2.50. The molecule has 3 rings (SSSR count). The summed E-state index contributed by atoms with van der Waals surface area (Å²) in [5, 5.41) is 0. The van der Waals surface area contributed by atoms with Gasteiger partial charge in [-0.15, -0.1) is 11.3 Å². The number of hydrogen-bond donors (Lipinski definition) is 0. The SMILES string of the molecule is COCCN1CCC[C@@]2(CCN(C(=O)c3ccc(Cl)s3)C2)C1=O. The molecule has 1 aromatic rings. The van der Waals surface area contributed by atoms with Crippen LogP contribution in [0.15, 0.2) is 12.1 Å². The number of nitrogens with zero attached hydrogens (tertiary/aromatic N) is 2. The van der Waals surface area contributed by atoms with Crippen molar-refractivity contribution in [3.05, 3.63) is 21.3 Å². The molecule has 0 radical (unpaired) electrons. The van der Waals surface area contributed by atoms with Crippen molar-refractivity contribution < 1.29 is 14.3 Å². The summed E-state index contributed by atoms with van der Waals surface area (Å²) in [6.07, 6.45) is 2.60. The molecule has 1 spiro atoms. The molecule has 0 N–H and O–H groups in total. The molecular weight excluding hydrogens is 336 g/mol. The summed E-state index contributed by atoms with van der Waals surface area (Å²) in [6.45, 7) is 3.13. The van der Waals surface area contributed by atoms with Crippen LogP contribution in [0.3, 0.4) is 0 Å². The lowest BCUT2D eigenvalue weighted by Crippen LogP contribution is -2.51. The van der Waals surface area contributed by atoms with Crippen LogP contribution in [0, 0.1) is 5.41 Å². The van der Waals surface area contributed by atoms with E-state index in [0.717, 1.165) is 25.8 Å². The molecule has 2 aliphatic rings. The summed E-state index contributed by atoms with van der Waals surface area (Å²) < 4.78 is 5.71. The third kappa shape index (κ3) is 3.25. The van der Waals surface area contributed by atoms with Crippen molar-refractivity contribution in [1.82, 2.24) is 9.80 Å². The molecular formula is C16H21ClN2O3S. The van der Waals surface area contributed by atoms with Gasteiger partial charge in [0.2, 0.25) is 5.91 Å². The van der Waals surface area contributed by atoms with E-state index in [4.69, 9.17) is 16.3 Å². The fraction of sp³-hybridized carbons (Fsp3) is 0.625. The van der Waals surface area contributed by atoms with Gasteiger partial charge < -0.3 is 14.5 Å². The van der Waals surface area contributed by atoms with Crippen LogP contribution in [0.1, 0.15) is 28.9 Å². The molecule has 2 aliphatic heterocycles. The second-order valence-electron chi connectivity index (χ2n) is 6.25. The number of carbonyl (C=O) groups is 2. The Balaban J connectivity index is 1.70. The van der Waals surface area contributed by atoms with Gasteiger partial charge in [-0.2, -0.15) is 0 Å². The van der Waals surface area contributed by atoms with E-state index in [1.807, 2.05) is 4.90 Å². The van der Waals surface area contributed by atoms with Gasteiger partial charge in [-0.3, -0.25) is 9.59 Å². The van der Waals surface area contributed by atoms with Crippen molar-refractivity contribution in [3.63, 3.8) is 0 Å². The number of rotatable bonds is 4. The van der Waals surface area contributed by atoms with Gasteiger partial charge in [0, 0.05) is 33.3 Å². The molecule has 2 saturated heterocycles. The molecule has 0 aromatic carbocycles. The monoisotopic (exact) mass is 356 g/mol. The molecule has 2 fully saturated rings. The first-order valence-corrected chi connectivity index (χ1v) is 9.08. The Kier molecular flexibility index (Phi) is 4.94. The van der Waals surface area contributed by atoms with E-state index >= 15 is 0 Å². The van der Waals surface area contributed by atoms with E-state index in [-0.39, 0.29) is 11.8 Å². The van der Waals surface area contributed by atoms with Gasteiger partial charge in [-0.25, -0.2) is 0 Å². The number of thiophene rings is 1. The third-order valence-electron chi connectivity index (χ3n) is 4.81. The average Bonchev–Trinajstić information content (AvgIpc) is 3.16. The molecule has 0 bridgehead atoms. The molecule has 23 heavy (non-hydrogen) atoms. The Bertz CT molecular complexity index is 606. The number of amides is 2. The van der Waals surface area contributed by atoms with Gasteiger partial charge >= 0.3 is 0 Å². The molecule has 7 heteroatoms. The standard InChI is InChI=1S/C16H21ClN2O3S/c1-22-10-9-18-7-2-5-16(15(18)21)6-8-19(11-16)14(20)12-3-4-13(17)23-12/h3-4H,2,5-11H2,1H3/t16-/m0/s1. The molecule has 2 amide bonds. The van der Waals surface area contributed by atoms with Gasteiger partial charge in [0.15, 0.2) is 0 Å². The molecule has 5 nitrogen and oxygen atoms in total. The van der Waals surface area contributed by atoms with Crippen LogP contribution in [-0.2, 0) is 9.53 Å². The third-order valence-corrected chi connectivity index (χ3v) is 6.03. The van der Waals surface area contributed by atoms with Crippen molar-refractivity contribution in [2.45, 2.75) is 19.3 Å². The minimum absolute atomic E-state index is 0.0133. The number of ether oxygens (including phenoxy) is 1. The van der Waals surface area contributed by atoms with Crippen molar-refractivity contribution in [1.29, 1.82) is 0 Å². The molecule has 126 valence electrons. The van der Waals surface area contributed by atoms with Crippen molar-refractivity contribution >= 4 is 34.8 Å². The quantitative estimate of drug-likeness (QED) is 0.832. The lowest BCUT2D eigenvalue weighted by molar-refractivity contribution is -0.146. The van der Waals surface area contributed by atoms with Crippen LogP contribution >= 0.6 is 22.9 Å². The second-order valence-corrected chi connectivity index (χ2v) is 7.96. The highest BCUT2D eigenvalue weighted by atomic mass is 35.5. The van der Waals surface area contributed by atoms with Crippen LogP contribution in [0.2, 0.25) is 4.34 Å². The predicted molar refractivity (Wildman–Crippen MR) is 90.0 cm³/mol.